The molecule has 33 heavy (non-hydrogen) atoms. The highest BCUT2D eigenvalue weighted by Crippen LogP contribution is 2.31. The van der Waals surface area contributed by atoms with Crippen molar-refractivity contribution in [2.24, 2.45) is 0 Å². The van der Waals surface area contributed by atoms with E-state index in [0.717, 1.165) is 16.7 Å². The van der Waals surface area contributed by atoms with Gasteiger partial charge in [0.05, 0.1) is 24.3 Å². The van der Waals surface area contributed by atoms with Crippen molar-refractivity contribution in [3.05, 3.63) is 71.3 Å². The summed E-state index contributed by atoms with van der Waals surface area (Å²) in [6, 6.07) is 16.1. The van der Waals surface area contributed by atoms with E-state index in [0.29, 0.717) is 12.8 Å². The van der Waals surface area contributed by atoms with Crippen LogP contribution in [0.4, 0.5) is 4.79 Å². The second-order valence-corrected chi connectivity index (χ2v) is 9.56. The molecule has 1 unspecified atom stereocenters. The summed E-state index contributed by atoms with van der Waals surface area (Å²) >= 11 is 0. The highest BCUT2D eigenvalue weighted by Gasteiger charge is 2.32. The number of aliphatic hydroxyl groups excluding tert-OH is 2. The number of amides is 2. The molecule has 0 saturated carbocycles. The Labute approximate surface area is 195 Å². The molecule has 3 rings (SSSR count). The summed E-state index contributed by atoms with van der Waals surface area (Å²) in [5, 5.41) is 26.8. The molecule has 2 amide bonds. The maximum atomic E-state index is 12.6. The van der Waals surface area contributed by atoms with Crippen LogP contribution in [0.2, 0.25) is 0 Å². The molecule has 4 N–H and O–H groups in total. The minimum absolute atomic E-state index is 0.0633. The van der Waals surface area contributed by atoms with Gasteiger partial charge in [-0.25, -0.2) is 4.79 Å². The highest BCUT2D eigenvalue weighted by molar-refractivity contribution is 5.77. The third-order valence-corrected chi connectivity index (χ3v) is 5.65. The molecule has 0 radical (unpaired) electrons. The van der Waals surface area contributed by atoms with E-state index >= 15 is 0 Å². The number of carbonyl (C=O) groups excluding carboxylic acids is 2. The van der Waals surface area contributed by atoms with Crippen LogP contribution in [0.1, 0.15) is 56.3 Å². The molecule has 2 aromatic rings. The van der Waals surface area contributed by atoms with E-state index in [4.69, 9.17) is 4.74 Å². The molecule has 2 aromatic carbocycles. The predicted octanol–water partition coefficient (Wildman–Crippen LogP) is 3.04. The van der Waals surface area contributed by atoms with Crippen molar-refractivity contribution >= 4 is 12.0 Å². The van der Waals surface area contributed by atoms with Crippen molar-refractivity contribution < 1.29 is 24.5 Å². The van der Waals surface area contributed by atoms with Crippen LogP contribution < -0.4 is 10.6 Å². The Bertz CT molecular complexity index is 941. The van der Waals surface area contributed by atoms with E-state index in [1.165, 1.54) is 0 Å². The quantitative estimate of drug-likeness (QED) is 0.490. The summed E-state index contributed by atoms with van der Waals surface area (Å²) < 4.78 is 5.35. The van der Waals surface area contributed by atoms with Gasteiger partial charge in [-0.1, -0.05) is 54.6 Å². The Balaban J connectivity index is 1.59. The molecule has 0 saturated heterocycles. The van der Waals surface area contributed by atoms with Crippen molar-refractivity contribution in [3.8, 4) is 0 Å². The van der Waals surface area contributed by atoms with Crippen molar-refractivity contribution in [3.63, 3.8) is 0 Å². The van der Waals surface area contributed by atoms with E-state index in [9.17, 15) is 19.8 Å². The lowest BCUT2D eigenvalue weighted by molar-refractivity contribution is -0.123. The topological polar surface area (TPSA) is 108 Å². The number of hydrogen-bond acceptors (Lipinski definition) is 5. The first-order valence-electron chi connectivity index (χ1n) is 11.4. The Morgan fingerprint density at radius 1 is 1.09 bits per heavy atom. The summed E-state index contributed by atoms with van der Waals surface area (Å²) in [6.45, 7) is 5.32. The van der Waals surface area contributed by atoms with Crippen LogP contribution in [-0.4, -0.2) is 46.1 Å². The molecular formula is C26H34N2O5. The van der Waals surface area contributed by atoms with Crippen molar-refractivity contribution in [1.29, 1.82) is 0 Å². The third kappa shape index (κ3) is 7.30. The zero-order valence-electron chi connectivity index (χ0n) is 19.5. The largest absolute Gasteiger partial charge is 0.444 e. The van der Waals surface area contributed by atoms with Gasteiger partial charge >= 0.3 is 6.09 Å². The summed E-state index contributed by atoms with van der Waals surface area (Å²) in [4.78, 5) is 24.9. The van der Waals surface area contributed by atoms with Crippen LogP contribution in [-0.2, 0) is 22.4 Å². The van der Waals surface area contributed by atoms with E-state index in [2.05, 4.69) is 10.6 Å². The molecule has 4 atom stereocenters. The van der Waals surface area contributed by atoms with Crippen LogP contribution in [0.15, 0.2) is 54.6 Å². The summed E-state index contributed by atoms with van der Waals surface area (Å²) in [5.74, 6) is -0.259. The SMILES string of the molecule is CC(C)(C)OC(=O)N[C@@H](Cc1ccccc1)[C@@H](O)CCC(=O)NC1c2ccccc2C[C@@H]1O. The highest BCUT2D eigenvalue weighted by atomic mass is 16.6. The van der Waals surface area contributed by atoms with Crippen LogP contribution >= 0.6 is 0 Å². The number of alkyl carbamates (subject to hydrolysis) is 1. The van der Waals surface area contributed by atoms with Gasteiger partial charge in [0.2, 0.25) is 5.91 Å². The summed E-state index contributed by atoms with van der Waals surface area (Å²) in [6.07, 6.45) is -1.12. The van der Waals surface area contributed by atoms with Gasteiger partial charge < -0.3 is 25.6 Å². The molecule has 1 aliphatic carbocycles. The van der Waals surface area contributed by atoms with Gasteiger partial charge in [0.15, 0.2) is 0 Å². The fourth-order valence-corrected chi connectivity index (χ4v) is 4.08. The fourth-order valence-electron chi connectivity index (χ4n) is 4.08. The lowest BCUT2D eigenvalue weighted by Gasteiger charge is -2.27. The van der Waals surface area contributed by atoms with Gasteiger partial charge in [0, 0.05) is 12.8 Å². The summed E-state index contributed by atoms with van der Waals surface area (Å²) in [7, 11) is 0. The monoisotopic (exact) mass is 454 g/mol. The minimum Gasteiger partial charge on any atom is -0.444 e. The number of ether oxygens (including phenoxy) is 1. The van der Waals surface area contributed by atoms with E-state index in [1.807, 2.05) is 54.6 Å². The molecule has 0 aliphatic heterocycles. The molecule has 0 fully saturated rings. The van der Waals surface area contributed by atoms with Crippen LogP contribution in [0.25, 0.3) is 0 Å². The number of hydrogen-bond donors (Lipinski definition) is 4. The minimum atomic E-state index is -0.954. The molecule has 7 heteroatoms. The molecule has 0 aromatic heterocycles. The first-order valence-corrected chi connectivity index (χ1v) is 11.4. The van der Waals surface area contributed by atoms with Gasteiger partial charge in [-0.3, -0.25) is 4.79 Å². The van der Waals surface area contributed by atoms with Gasteiger partial charge in [-0.2, -0.15) is 0 Å². The molecule has 178 valence electrons. The average molecular weight is 455 g/mol. The van der Waals surface area contributed by atoms with Crippen molar-refractivity contribution in [2.75, 3.05) is 0 Å². The fraction of sp³-hybridized carbons (Fsp3) is 0.462. The molecular weight excluding hydrogens is 420 g/mol. The van der Waals surface area contributed by atoms with Gasteiger partial charge in [0.25, 0.3) is 0 Å². The molecule has 0 heterocycles. The first-order chi connectivity index (χ1) is 15.6. The molecule has 0 bridgehead atoms. The number of benzene rings is 2. The maximum Gasteiger partial charge on any atom is 0.407 e. The smallest absolute Gasteiger partial charge is 0.407 e. The zero-order valence-corrected chi connectivity index (χ0v) is 19.5. The zero-order chi connectivity index (χ0) is 24.0. The maximum absolute atomic E-state index is 12.6. The van der Waals surface area contributed by atoms with E-state index in [1.54, 1.807) is 20.8 Å². The first kappa shape index (κ1) is 24.7. The Kier molecular flexibility index (Phi) is 8.10. The van der Waals surface area contributed by atoms with Crippen LogP contribution in [0.5, 0.6) is 0 Å². The van der Waals surface area contributed by atoms with Crippen LogP contribution in [0.3, 0.4) is 0 Å². The van der Waals surface area contributed by atoms with Crippen molar-refractivity contribution in [1.82, 2.24) is 10.6 Å². The third-order valence-electron chi connectivity index (χ3n) is 5.65. The lowest BCUT2D eigenvalue weighted by Crippen LogP contribution is -2.47. The van der Waals surface area contributed by atoms with Crippen LogP contribution in [0, 0.1) is 0 Å². The molecule has 0 spiro atoms. The number of aliphatic hydroxyl groups is 2. The summed E-state index contributed by atoms with van der Waals surface area (Å²) in [5.41, 5.74) is 2.24. The second-order valence-electron chi connectivity index (χ2n) is 9.56. The molecule has 7 nitrogen and oxygen atoms in total. The van der Waals surface area contributed by atoms with Gasteiger partial charge in [-0.15, -0.1) is 0 Å². The lowest BCUT2D eigenvalue weighted by atomic mass is 9.98. The van der Waals surface area contributed by atoms with Crippen molar-refractivity contribution in [2.45, 2.75) is 76.3 Å². The Hall–Kier alpha value is -2.90. The van der Waals surface area contributed by atoms with Gasteiger partial charge in [-0.05, 0) is 50.3 Å². The standard InChI is InChI=1S/C26H34N2O5/c1-26(2,3)33-25(32)27-20(15-17-9-5-4-6-10-17)21(29)13-14-23(31)28-24-19-12-8-7-11-18(19)16-22(24)30/h4-12,20-22,24,29-30H,13-16H2,1-3H3,(H,27,32)(H,28,31)/t20-,21-,22-,24?/m0/s1. The molecule has 1 aliphatic rings. The van der Waals surface area contributed by atoms with E-state index in [-0.39, 0.29) is 18.7 Å². The second kappa shape index (κ2) is 10.8. The Morgan fingerprint density at radius 2 is 1.76 bits per heavy atom. The Morgan fingerprint density at radius 3 is 2.45 bits per heavy atom. The van der Waals surface area contributed by atoms with E-state index < -0.39 is 36.0 Å². The predicted molar refractivity (Wildman–Crippen MR) is 126 cm³/mol. The average Bonchev–Trinajstić information content (AvgIpc) is 3.06. The number of nitrogens with one attached hydrogen (secondary N) is 2. The normalized spacial score (nSPS) is 19.3. The van der Waals surface area contributed by atoms with Gasteiger partial charge in [0.1, 0.15) is 5.60 Å². The number of rotatable bonds is 8. The number of carbonyl (C=O) groups is 2. The number of fused-ring (bicyclic) bond motifs is 1.